The molecule has 0 atom stereocenters. The Labute approximate surface area is 221 Å². The summed E-state index contributed by atoms with van der Waals surface area (Å²) in [6, 6.07) is 19.5. The Bertz CT molecular complexity index is 1220. The summed E-state index contributed by atoms with van der Waals surface area (Å²) in [6.07, 6.45) is 1.73. The smallest absolute Gasteiger partial charge is 0.293 e. The summed E-state index contributed by atoms with van der Waals surface area (Å²) in [5, 5.41) is -0.273. The van der Waals surface area contributed by atoms with Crippen molar-refractivity contribution < 1.29 is 14.3 Å². The molecule has 33 heavy (non-hydrogen) atoms. The van der Waals surface area contributed by atoms with Crippen molar-refractivity contribution in [1.29, 1.82) is 0 Å². The van der Waals surface area contributed by atoms with Crippen LogP contribution in [-0.2, 0) is 17.9 Å². The molecule has 4 nitrogen and oxygen atoms in total. The molecule has 1 saturated heterocycles. The van der Waals surface area contributed by atoms with Crippen molar-refractivity contribution >= 4 is 76.8 Å². The molecule has 0 aromatic heterocycles. The van der Waals surface area contributed by atoms with Crippen molar-refractivity contribution in [1.82, 2.24) is 4.90 Å². The Balaban J connectivity index is 1.49. The molecule has 0 radical (unpaired) electrons. The first-order valence-electron chi connectivity index (χ1n) is 9.97. The lowest BCUT2D eigenvalue weighted by Gasteiger charge is -2.13. The normalized spacial score (nSPS) is 14.9. The first kappa shape index (κ1) is 24.3. The third-order valence-electron chi connectivity index (χ3n) is 4.95. The Morgan fingerprint density at radius 1 is 0.909 bits per heavy atom. The van der Waals surface area contributed by atoms with Crippen molar-refractivity contribution in [3.63, 3.8) is 0 Å². The van der Waals surface area contributed by atoms with Crippen LogP contribution in [0, 0.1) is 6.92 Å². The van der Waals surface area contributed by atoms with E-state index in [1.165, 1.54) is 10.5 Å². The van der Waals surface area contributed by atoms with Crippen LogP contribution in [-0.4, -0.2) is 16.0 Å². The molecule has 168 valence electrons. The van der Waals surface area contributed by atoms with E-state index < -0.39 is 0 Å². The van der Waals surface area contributed by atoms with E-state index in [9.17, 15) is 9.59 Å². The molecule has 1 aliphatic rings. The molecule has 0 unspecified atom stereocenters. The van der Waals surface area contributed by atoms with Crippen LogP contribution < -0.4 is 4.74 Å². The van der Waals surface area contributed by atoms with E-state index in [0.29, 0.717) is 17.3 Å². The molecule has 0 saturated carbocycles. The fourth-order valence-electron chi connectivity index (χ4n) is 3.20. The topological polar surface area (TPSA) is 46.6 Å². The van der Waals surface area contributed by atoms with Gasteiger partial charge in [-0.1, -0.05) is 57.9 Å². The summed E-state index contributed by atoms with van der Waals surface area (Å²) in [5.41, 5.74) is 3.95. The van der Waals surface area contributed by atoms with Crippen molar-refractivity contribution in [3.05, 3.63) is 101 Å². The van der Waals surface area contributed by atoms with Gasteiger partial charge in [-0.05, 0) is 97.6 Å². The fraction of sp³-hybridized carbons (Fsp3) is 0.120. The maximum atomic E-state index is 12.9. The average Bonchev–Trinajstić information content (AvgIpc) is 3.03. The number of imide groups is 1. The van der Waals surface area contributed by atoms with E-state index in [4.69, 9.17) is 4.74 Å². The minimum atomic E-state index is -0.292. The van der Waals surface area contributed by atoms with Gasteiger partial charge in [-0.3, -0.25) is 14.5 Å². The number of benzene rings is 3. The number of hydrogen-bond donors (Lipinski definition) is 0. The summed E-state index contributed by atoms with van der Waals surface area (Å²) in [5.74, 6) is 0.385. The molecule has 0 bridgehead atoms. The van der Waals surface area contributed by atoms with Crippen LogP contribution in [0.3, 0.4) is 0 Å². The van der Waals surface area contributed by atoms with Crippen LogP contribution in [0.1, 0.15) is 22.3 Å². The van der Waals surface area contributed by atoms with Crippen molar-refractivity contribution in [3.8, 4) is 5.75 Å². The summed E-state index contributed by atoms with van der Waals surface area (Å²) < 4.78 is 8.45. The zero-order valence-corrected chi connectivity index (χ0v) is 23.1. The number of carbonyl (C=O) groups is 2. The van der Waals surface area contributed by atoms with Gasteiger partial charge in [0, 0.05) is 4.47 Å². The zero-order chi connectivity index (χ0) is 23.5. The van der Waals surface area contributed by atoms with E-state index >= 15 is 0 Å². The molecule has 3 aromatic carbocycles. The van der Waals surface area contributed by atoms with Crippen molar-refractivity contribution in [2.24, 2.45) is 0 Å². The van der Waals surface area contributed by atoms with Crippen LogP contribution in [0.4, 0.5) is 4.79 Å². The molecule has 4 rings (SSSR count). The quantitative estimate of drug-likeness (QED) is 0.253. The van der Waals surface area contributed by atoms with Crippen LogP contribution >= 0.6 is 59.6 Å². The van der Waals surface area contributed by atoms with Gasteiger partial charge in [-0.15, -0.1) is 0 Å². The van der Waals surface area contributed by atoms with Crippen molar-refractivity contribution in [2.45, 2.75) is 20.1 Å². The molecule has 1 heterocycles. The summed E-state index contributed by atoms with van der Waals surface area (Å²) in [4.78, 5) is 27.0. The number of aryl methyl sites for hydroxylation is 1. The van der Waals surface area contributed by atoms with Gasteiger partial charge >= 0.3 is 0 Å². The van der Waals surface area contributed by atoms with E-state index in [1.54, 1.807) is 6.08 Å². The number of ether oxygens (including phenoxy) is 1. The van der Waals surface area contributed by atoms with Crippen LogP contribution in [0.25, 0.3) is 6.08 Å². The first-order chi connectivity index (χ1) is 15.8. The van der Waals surface area contributed by atoms with E-state index in [2.05, 4.69) is 59.9 Å². The number of halogens is 3. The Morgan fingerprint density at radius 3 is 2.15 bits per heavy atom. The second kappa shape index (κ2) is 10.6. The predicted octanol–water partition coefficient (Wildman–Crippen LogP) is 8.10. The number of carbonyl (C=O) groups excluding carboxylic acids is 2. The van der Waals surface area contributed by atoms with Crippen LogP contribution in [0.2, 0.25) is 0 Å². The van der Waals surface area contributed by atoms with Gasteiger partial charge in [0.05, 0.1) is 20.4 Å². The summed E-state index contributed by atoms with van der Waals surface area (Å²) >= 11 is 11.5. The maximum Gasteiger partial charge on any atom is 0.293 e. The van der Waals surface area contributed by atoms with E-state index in [0.717, 1.165) is 41.9 Å². The number of rotatable bonds is 6. The highest BCUT2D eigenvalue weighted by Gasteiger charge is 2.35. The minimum absolute atomic E-state index is 0.245. The number of nitrogens with zero attached hydrogens (tertiary/aromatic N) is 1. The third kappa shape index (κ3) is 5.98. The van der Waals surface area contributed by atoms with Gasteiger partial charge in [-0.25, -0.2) is 0 Å². The predicted molar refractivity (Wildman–Crippen MR) is 143 cm³/mol. The minimum Gasteiger partial charge on any atom is -0.487 e. The van der Waals surface area contributed by atoms with Gasteiger partial charge in [0.2, 0.25) is 0 Å². The summed E-state index contributed by atoms with van der Waals surface area (Å²) in [7, 11) is 0. The second-order valence-electron chi connectivity index (χ2n) is 7.48. The molecule has 0 spiro atoms. The summed E-state index contributed by atoms with van der Waals surface area (Å²) in [6.45, 7) is 2.73. The number of thioether (sulfide) groups is 1. The highest BCUT2D eigenvalue weighted by atomic mass is 79.9. The average molecular weight is 652 g/mol. The van der Waals surface area contributed by atoms with E-state index in [-0.39, 0.29) is 17.7 Å². The lowest BCUT2D eigenvalue weighted by Crippen LogP contribution is -2.27. The molecular weight excluding hydrogens is 634 g/mol. The molecule has 8 heteroatoms. The highest BCUT2D eigenvalue weighted by Crippen LogP contribution is 2.38. The molecule has 0 aliphatic carbocycles. The molecule has 1 aliphatic heterocycles. The monoisotopic (exact) mass is 649 g/mol. The Kier molecular flexibility index (Phi) is 7.79. The SMILES string of the molecule is Cc1ccc(COc2c(Br)cc(/C=C3\SC(=O)N(Cc4ccc(Br)cc4)C3=O)cc2Br)cc1. The molecule has 1 fully saturated rings. The largest absolute Gasteiger partial charge is 0.487 e. The van der Waals surface area contributed by atoms with Crippen LogP contribution in [0.15, 0.2) is 79.0 Å². The maximum absolute atomic E-state index is 12.9. The van der Waals surface area contributed by atoms with Gasteiger partial charge in [0.25, 0.3) is 11.1 Å². The van der Waals surface area contributed by atoms with Crippen LogP contribution in [0.5, 0.6) is 5.75 Å². The Hall–Kier alpha value is -1.87. The van der Waals surface area contributed by atoms with Gasteiger partial charge < -0.3 is 4.74 Å². The van der Waals surface area contributed by atoms with Gasteiger partial charge in [0.1, 0.15) is 12.4 Å². The Morgan fingerprint density at radius 2 is 1.52 bits per heavy atom. The van der Waals surface area contributed by atoms with Gasteiger partial charge in [0.15, 0.2) is 0 Å². The molecule has 0 N–H and O–H groups in total. The third-order valence-corrected chi connectivity index (χ3v) is 7.56. The second-order valence-corrected chi connectivity index (χ2v) is 11.1. The molecular formula is C25H18Br3NO3S. The lowest BCUT2D eigenvalue weighted by molar-refractivity contribution is -0.123. The fourth-order valence-corrected chi connectivity index (χ4v) is 5.75. The number of hydrogen-bond acceptors (Lipinski definition) is 4. The number of amides is 2. The molecule has 3 aromatic rings. The van der Waals surface area contributed by atoms with E-state index in [1.807, 2.05) is 55.5 Å². The molecule has 2 amide bonds. The standard InChI is InChI=1S/C25H18Br3NO3S/c1-15-2-4-17(5-3-15)14-32-23-20(27)10-18(11-21(23)28)12-22-24(30)29(25(31)33-22)13-16-6-8-19(26)9-7-16/h2-12H,13-14H2,1H3/b22-12-. The van der Waals surface area contributed by atoms with Crippen molar-refractivity contribution in [2.75, 3.05) is 0 Å². The lowest BCUT2D eigenvalue weighted by atomic mass is 10.1. The van der Waals surface area contributed by atoms with Gasteiger partial charge in [-0.2, -0.15) is 0 Å². The first-order valence-corrected chi connectivity index (χ1v) is 13.2. The highest BCUT2D eigenvalue weighted by molar-refractivity contribution is 9.11. The zero-order valence-electron chi connectivity index (χ0n) is 17.5.